The quantitative estimate of drug-likeness (QED) is 0.278. The molecule has 4 heteroatoms. The Morgan fingerprint density at radius 2 is 2.29 bits per heavy atom. The molecule has 1 aromatic heterocycles. The second-order valence-electron chi connectivity index (χ2n) is 0.701. The number of H-pyrrole nitrogens is 1. The Hall–Kier alpha value is 0.706. The maximum atomic E-state index is 3.54. The fraction of sp³-hybridized carbons (Fsp3) is 0. The van der Waals surface area contributed by atoms with E-state index in [0.29, 0.717) is 0 Å². The van der Waals surface area contributed by atoms with E-state index >= 15 is 0 Å². The van der Waals surface area contributed by atoms with Gasteiger partial charge in [0.05, 0.1) is 0 Å². The van der Waals surface area contributed by atoms with Crippen LogP contribution in [0.25, 0.3) is 0 Å². The average Bonchev–Trinajstić information content (AvgIpc) is 1.76. The van der Waals surface area contributed by atoms with Crippen LogP contribution in [0.4, 0.5) is 0 Å². The molecule has 1 aromatic rings. The van der Waals surface area contributed by atoms with Crippen molar-refractivity contribution in [1.29, 1.82) is 0 Å². The topological polar surface area (TPSA) is 28.7 Å². The predicted molar refractivity (Wildman–Crippen MR) is 23.2 cm³/mol. The van der Waals surface area contributed by atoms with E-state index in [2.05, 4.69) is 16.3 Å². The van der Waals surface area contributed by atoms with Gasteiger partial charge in [-0.25, -0.2) is 0 Å². The van der Waals surface area contributed by atoms with Gasteiger partial charge in [-0.2, -0.15) is 0 Å². The summed E-state index contributed by atoms with van der Waals surface area (Å²) in [6, 6.07) is 0. The van der Waals surface area contributed by atoms with Gasteiger partial charge < -0.3 is 33.9 Å². The van der Waals surface area contributed by atoms with Crippen LogP contribution in [0.1, 0.15) is 0 Å². The normalized spacial score (nSPS) is 5.71. The summed E-state index contributed by atoms with van der Waals surface area (Å²) in [5.74, 6) is 0. The van der Waals surface area contributed by atoms with Crippen molar-refractivity contribution < 1.29 is 24.0 Å². The van der Waals surface area contributed by atoms with Crippen LogP contribution in [0, 0.1) is 6.33 Å². The van der Waals surface area contributed by atoms with Crippen molar-refractivity contribution in [1.82, 2.24) is 9.97 Å². The Balaban J connectivity index is 0. The third-order valence-electron chi connectivity index (χ3n) is 0.362. The predicted octanol–water partition coefficient (Wildman–Crippen LogP) is -3.17. The molecule has 0 aliphatic rings. The molecule has 7 heavy (non-hydrogen) atoms. The van der Waals surface area contributed by atoms with E-state index in [0.717, 1.165) is 0 Å². The smallest absolute Gasteiger partial charge is 1.00 e. The van der Waals surface area contributed by atoms with Crippen molar-refractivity contribution in [2.75, 3.05) is 0 Å². The zero-order chi connectivity index (χ0) is 3.54. The van der Waals surface area contributed by atoms with Crippen molar-refractivity contribution in [3.63, 3.8) is 0 Å². The molecule has 0 bridgehead atoms. The molecule has 0 aromatic carbocycles. The Bertz CT molecular complexity index is 69.4. The maximum absolute atomic E-state index is 3.54. The minimum atomic E-state index is 0. The van der Waals surface area contributed by atoms with Crippen LogP contribution in [-0.4, -0.2) is 33.0 Å². The molecule has 0 spiro atoms. The zero-order valence-corrected chi connectivity index (χ0v) is 7.26. The van der Waals surface area contributed by atoms with Crippen LogP contribution in [0.2, 0.25) is 0 Å². The third-order valence-corrected chi connectivity index (χ3v) is 0.362. The van der Waals surface area contributed by atoms with E-state index in [1.807, 2.05) is 0 Å². The van der Waals surface area contributed by atoms with Gasteiger partial charge in [-0.1, -0.05) is 0 Å². The monoisotopic (exact) mass is 218 g/mol. The summed E-state index contributed by atoms with van der Waals surface area (Å²) < 4.78 is 0. The molecule has 0 atom stereocenters. The van der Waals surface area contributed by atoms with Gasteiger partial charge in [0.2, 0.25) is 0 Å². The number of rotatable bonds is 0. The van der Waals surface area contributed by atoms with E-state index in [4.69, 9.17) is 0 Å². The summed E-state index contributed by atoms with van der Waals surface area (Å²) in [5, 5.41) is 0. The van der Waals surface area contributed by atoms with Crippen LogP contribution >= 0.6 is 0 Å². The zero-order valence-electron chi connectivity index (χ0n) is 3.69. The molecular weight excluding hydrogens is 215 g/mol. The van der Waals surface area contributed by atoms with Gasteiger partial charge in [-0.05, 0) is 6.33 Å². The SMILES string of the molecule is [I-].[Mg+2].[c-]1ncc[nH]1. The summed E-state index contributed by atoms with van der Waals surface area (Å²) in [6.07, 6.45) is 5.83. The fourth-order valence-corrected chi connectivity index (χ4v) is 0.186. The van der Waals surface area contributed by atoms with Gasteiger partial charge in [0.25, 0.3) is 0 Å². The van der Waals surface area contributed by atoms with E-state index in [-0.39, 0.29) is 47.0 Å². The molecule has 0 unspecified atom stereocenters. The molecule has 0 fully saturated rings. The van der Waals surface area contributed by atoms with Crippen molar-refractivity contribution in [2.24, 2.45) is 0 Å². The summed E-state index contributed by atoms with van der Waals surface area (Å²) in [6.45, 7) is 0. The molecule has 0 radical (unpaired) electrons. The first-order valence-corrected chi connectivity index (χ1v) is 1.35. The number of hydrogen-bond acceptors (Lipinski definition) is 1. The van der Waals surface area contributed by atoms with E-state index in [1.54, 1.807) is 12.4 Å². The van der Waals surface area contributed by atoms with Gasteiger partial charge in [-0.15, -0.1) is 12.4 Å². The molecule has 0 amide bonds. The minimum absolute atomic E-state index is 0. The van der Waals surface area contributed by atoms with E-state index in [9.17, 15) is 0 Å². The number of nitrogens with zero attached hydrogens (tertiary/aromatic N) is 1. The molecule has 0 aliphatic heterocycles. The van der Waals surface area contributed by atoms with Gasteiger partial charge >= 0.3 is 23.1 Å². The van der Waals surface area contributed by atoms with Crippen LogP contribution in [-0.2, 0) is 0 Å². The van der Waals surface area contributed by atoms with Gasteiger partial charge in [0.15, 0.2) is 0 Å². The average molecular weight is 218 g/mol. The Labute approximate surface area is 75.3 Å². The van der Waals surface area contributed by atoms with E-state index in [1.165, 1.54) is 0 Å². The van der Waals surface area contributed by atoms with Crippen LogP contribution in [0.5, 0.6) is 0 Å². The number of hydrogen-bond donors (Lipinski definition) is 1. The van der Waals surface area contributed by atoms with Crippen molar-refractivity contribution in [3.05, 3.63) is 18.7 Å². The number of aromatic amines is 1. The third kappa shape index (κ3) is 4.56. The maximum Gasteiger partial charge on any atom is 2.00 e. The number of halogens is 1. The molecule has 1 heterocycles. The van der Waals surface area contributed by atoms with Crippen molar-refractivity contribution in [3.8, 4) is 0 Å². The minimum Gasteiger partial charge on any atom is -1.00 e. The fourth-order valence-electron chi connectivity index (χ4n) is 0.186. The standard InChI is InChI=1S/C3H3N2.HI.Mg/c1-2-5-3-4-1;;/h1-2H,(H,4,5);1H;/q-1;;+2/p-1. The molecule has 1 N–H and O–H groups in total. The summed E-state index contributed by atoms with van der Waals surface area (Å²) in [4.78, 5) is 6.17. The van der Waals surface area contributed by atoms with Gasteiger partial charge in [0, 0.05) is 0 Å². The van der Waals surface area contributed by atoms with Crippen LogP contribution in [0.3, 0.4) is 0 Å². The first kappa shape index (κ1) is 10.6. The molecule has 34 valence electrons. The van der Waals surface area contributed by atoms with Gasteiger partial charge in [0.1, 0.15) is 0 Å². The Morgan fingerprint density at radius 3 is 2.43 bits per heavy atom. The first-order valence-electron chi connectivity index (χ1n) is 1.35. The molecular formula is C3H3IMgN2. The molecule has 0 saturated carbocycles. The first-order chi connectivity index (χ1) is 2.50. The van der Waals surface area contributed by atoms with Crippen molar-refractivity contribution in [2.45, 2.75) is 0 Å². The second kappa shape index (κ2) is 6.71. The number of aromatic nitrogens is 2. The molecule has 1 rings (SSSR count). The van der Waals surface area contributed by atoms with E-state index < -0.39 is 0 Å². The number of nitrogens with one attached hydrogen (secondary N) is 1. The number of imidazole rings is 1. The largest absolute Gasteiger partial charge is 2.00 e. The Morgan fingerprint density at radius 1 is 1.57 bits per heavy atom. The molecule has 0 saturated heterocycles. The second-order valence-corrected chi connectivity index (χ2v) is 0.701. The van der Waals surface area contributed by atoms with Crippen LogP contribution < -0.4 is 24.0 Å². The van der Waals surface area contributed by atoms with Crippen LogP contribution in [0.15, 0.2) is 12.4 Å². The summed E-state index contributed by atoms with van der Waals surface area (Å²) >= 11 is 0. The van der Waals surface area contributed by atoms with Crippen molar-refractivity contribution >= 4 is 23.1 Å². The summed E-state index contributed by atoms with van der Waals surface area (Å²) in [5.41, 5.74) is 0. The van der Waals surface area contributed by atoms with Gasteiger partial charge in [-0.3, -0.25) is 0 Å². The summed E-state index contributed by atoms with van der Waals surface area (Å²) in [7, 11) is 0. The molecule has 2 nitrogen and oxygen atoms in total. The Kier molecular flexibility index (Phi) is 10.2. The molecule has 0 aliphatic carbocycles.